The van der Waals surface area contributed by atoms with Crippen LogP contribution >= 0.6 is 0 Å². The average Bonchev–Trinajstić information content (AvgIpc) is 2.35. The Hall–Kier alpha value is -1.07. The van der Waals surface area contributed by atoms with Gasteiger partial charge in [-0.25, -0.2) is 13.1 Å². The first-order valence-electron chi connectivity index (χ1n) is 7.08. The fourth-order valence-corrected chi connectivity index (χ4v) is 4.01. The Bertz CT molecular complexity index is 584. The second-order valence-corrected chi connectivity index (χ2v) is 8.29. The van der Waals surface area contributed by atoms with Crippen molar-refractivity contribution in [1.82, 2.24) is 4.72 Å². The summed E-state index contributed by atoms with van der Waals surface area (Å²) >= 11 is 0. The molecule has 0 radical (unpaired) electrons. The topological polar surface area (TPSA) is 72.2 Å². The molecule has 0 spiro atoms. The summed E-state index contributed by atoms with van der Waals surface area (Å²) in [5.74, 6) is 0. The highest BCUT2D eigenvalue weighted by atomic mass is 32.2. The maximum absolute atomic E-state index is 12.4. The minimum atomic E-state index is -3.44. The van der Waals surface area contributed by atoms with E-state index in [4.69, 9.17) is 5.73 Å². The van der Waals surface area contributed by atoms with Crippen molar-refractivity contribution < 1.29 is 8.42 Å². The summed E-state index contributed by atoms with van der Waals surface area (Å²) in [4.78, 5) is 0.300. The Balaban J connectivity index is 2.10. The number of hydrogen-bond donors (Lipinski definition) is 2. The highest BCUT2D eigenvalue weighted by Gasteiger charge is 2.29. The molecule has 0 bridgehead atoms. The van der Waals surface area contributed by atoms with Crippen molar-refractivity contribution in [3.63, 3.8) is 0 Å². The Morgan fingerprint density at radius 3 is 2.40 bits per heavy atom. The molecular weight excluding hydrogens is 272 g/mol. The minimum Gasteiger partial charge on any atom is -0.399 e. The van der Waals surface area contributed by atoms with Crippen LogP contribution in [0.25, 0.3) is 0 Å². The van der Waals surface area contributed by atoms with Crippen LogP contribution in [0.1, 0.15) is 45.1 Å². The molecule has 1 saturated carbocycles. The minimum absolute atomic E-state index is 0.0471. The summed E-state index contributed by atoms with van der Waals surface area (Å²) in [5.41, 5.74) is 7.47. The van der Waals surface area contributed by atoms with Gasteiger partial charge in [-0.3, -0.25) is 0 Å². The van der Waals surface area contributed by atoms with Gasteiger partial charge in [0.05, 0.1) is 4.90 Å². The Kier molecular flexibility index (Phi) is 4.12. The maximum atomic E-state index is 12.4. The van der Waals surface area contributed by atoms with Crippen LogP contribution in [0.15, 0.2) is 23.1 Å². The smallest absolute Gasteiger partial charge is 0.240 e. The molecule has 112 valence electrons. The van der Waals surface area contributed by atoms with Crippen LogP contribution in [-0.2, 0) is 10.0 Å². The molecule has 20 heavy (non-hydrogen) atoms. The van der Waals surface area contributed by atoms with E-state index in [0.717, 1.165) is 31.2 Å². The zero-order chi connectivity index (χ0) is 15.0. The van der Waals surface area contributed by atoms with Gasteiger partial charge in [-0.15, -0.1) is 0 Å². The average molecular weight is 296 g/mol. The summed E-state index contributed by atoms with van der Waals surface area (Å²) < 4.78 is 27.6. The number of nitrogen functional groups attached to an aromatic ring is 1. The highest BCUT2D eigenvalue weighted by Crippen LogP contribution is 2.35. The molecule has 1 fully saturated rings. The first-order chi connectivity index (χ1) is 9.20. The summed E-state index contributed by atoms with van der Waals surface area (Å²) in [6, 6.07) is 4.89. The third-order valence-corrected chi connectivity index (χ3v) is 5.73. The fourth-order valence-electron chi connectivity index (χ4n) is 2.62. The van der Waals surface area contributed by atoms with Crippen molar-refractivity contribution in [2.24, 2.45) is 5.41 Å². The lowest BCUT2D eigenvalue weighted by Gasteiger charge is -2.34. The standard InChI is InChI=1S/C15H24N2O2S/c1-11-10-13(4-5-14(11)16)20(18,19)17-12-6-8-15(2,3)9-7-12/h4-5,10,12,17H,6-9,16H2,1-3H3. The Morgan fingerprint density at radius 1 is 1.25 bits per heavy atom. The Labute approximate surface area is 121 Å². The Morgan fingerprint density at radius 2 is 1.85 bits per heavy atom. The first kappa shape index (κ1) is 15.3. The van der Waals surface area contributed by atoms with Crippen LogP contribution < -0.4 is 10.5 Å². The van der Waals surface area contributed by atoms with E-state index in [1.165, 1.54) is 0 Å². The van der Waals surface area contributed by atoms with Gasteiger partial charge in [-0.2, -0.15) is 0 Å². The lowest BCUT2D eigenvalue weighted by Crippen LogP contribution is -2.39. The quantitative estimate of drug-likeness (QED) is 0.842. The molecule has 5 heteroatoms. The first-order valence-corrected chi connectivity index (χ1v) is 8.56. The number of sulfonamides is 1. The van der Waals surface area contributed by atoms with Gasteiger partial charge < -0.3 is 5.73 Å². The van der Waals surface area contributed by atoms with Crippen molar-refractivity contribution in [3.8, 4) is 0 Å². The number of benzene rings is 1. The van der Waals surface area contributed by atoms with Gasteiger partial charge in [0.15, 0.2) is 0 Å². The molecule has 1 aromatic rings. The predicted molar refractivity (Wildman–Crippen MR) is 81.9 cm³/mol. The summed E-state index contributed by atoms with van der Waals surface area (Å²) in [7, 11) is -3.44. The van der Waals surface area contributed by atoms with Gasteiger partial charge in [-0.05, 0) is 61.8 Å². The third kappa shape index (κ3) is 3.52. The van der Waals surface area contributed by atoms with Crippen LogP contribution in [0.4, 0.5) is 5.69 Å². The molecule has 3 N–H and O–H groups in total. The van der Waals surface area contributed by atoms with E-state index < -0.39 is 10.0 Å². The summed E-state index contributed by atoms with van der Waals surface area (Å²) in [6.45, 7) is 6.29. The molecule has 0 aromatic heterocycles. The van der Waals surface area contributed by atoms with E-state index in [9.17, 15) is 8.42 Å². The normalized spacial score (nSPS) is 19.9. The molecule has 0 heterocycles. The molecule has 1 aromatic carbocycles. The van der Waals surface area contributed by atoms with Crippen LogP contribution in [0, 0.1) is 12.3 Å². The fraction of sp³-hybridized carbons (Fsp3) is 0.600. The predicted octanol–water partition coefficient (Wildman–Crippen LogP) is 2.82. The van der Waals surface area contributed by atoms with E-state index in [2.05, 4.69) is 18.6 Å². The maximum Gasteiger partial charge on any atom is 0.240 e. The van der Waals surface area contributed by atoms with Crippen LogP contribution in [-0.4, -0.2) is 14.5 Å². The van der Waals surface area contributed by atoms with Gasteiger partial charge >= 0.3 is 0 Å². The number of rotatable bonds is 3. The molecule has 1 aliphatic rings. The monoisotopic (exact) mass is 296 g/mol. The van der Waals surface area contributed by atoms with E-state index in [1.54, 1.807) is 18.2 Å². The molecule has 0 amide bonds. The van der Waals surface area contributed by atoms with Crippen molar-refractivity contribution in [2.45, 2.75) is 57.4 Å². The second kappa shape index (κ2) is 5.37. The van der Waals surface area contributed by atoms with E-state index in [-0.39, 0.29) is 6.04 Å². The zero-order valence-corrected chi connectivity index (χ0v) is 13.3. The van der Waals surface area contributed by atoms with Gasteiger partial charge in [-0.1, -0.05) is 13.8 Å². The summed E-state index contributed by atoms with van der Waals surface area (Å²) in [6.07, 6.45) is 3.92. The molecule has 2 rings (SSSR count). The van der Waals surface area contributed by atoms with Gasteiger partial charge in [0.25, 0.3) is 0 Å². The molecule has 1 aliphatic carbocycles. The van der Waals surface area contributed by atoms with Crippen LogP contribution in [0.3, 0.4) is 0 Å². The van der Waals surface area contributed by atoms with Crippen molar-refractivity contribution in [2.75, 3.05) is 5.73 Å². The summed E-state index contributed by atoms with van der Waals surface area (Å²) in [5, 5.41) is 0. The lowest BCUT2D eigenvalue weighted by atomic mass is 9.76. The molecule has 0 saturated heterocycles. The highest BCUT2D eigenvalue weighted by molar-refractivity contribution is 7.89. The number of anilines is 1. The molecular formula is C15H24N2O2S. The number of nitrogens with one attached hydrogen (secondary N) is 1. The molecule has 0 aliphatic heterocycles. The van der Waals surface area contributed by atoms with E-state index >= 15 is 0 Å². The zero-order valence-electron chi connectivity index (χ0n) is 12.4. The van der Waals surface area contributed by atoms with Gasteiger partial charge in [0, 0.05) is 11.7 Å². The number of aryl methyl sites for hydroxylation is 1. The van der Waals surface area contributed by atoms with Crippen LogP contribution in [0.2, 0.25) is 0 Å². The van der Waals surface area contributed by atoms with Crippen molar-refractivity contribution >= 4 is 15.7 Å². The largest absolute Gasteiger partial charge is 0.399 e. The number of hydrogen-bond acceptors (Lipinski definition) is 3. The SMILES string of the molecule is Cc1cc(S(=O)(=O)NC2CCC(C)(C)CC2)ccc1N. The lowest BCUT2D eigenvalue weighted by molar-refractivity contribution is 0.218. The van der Waals surface area contributed by atoms with E-state index in [1.807, 2.05) is 6.92 Å². The van der Waals surface area contributed by atoms with Gasteiger partial charge in [0.2, 0.25) is 10.0 Å². The van der Waals surface area contributed by atoms with Gasteiger partial charge in [0.1, 0.15) is 0 Å². The van der Waals surface area contributed by atoms with Crippen molar-refractivity contribution in [3.05, 3.63) is 23.8 Å². The van der Waals surface area contributed by atoms with E-state index in [0.29, 0.717) is 16.0 Å². The molecule has 4 nitrogen and oxygen atoms in total. The molecule has 0 unspecified atom stereocenters. The van der Waals surface area contributed by atoms with Crippen LogP contribution in [0.5, 0.6) is 0 Å². The third-order valence-electron chi connectivity index (χ3n) is 4.21. The number of nitrogens with two attached hydrogens (primary N) is 1. The second-order valence-electron chi connectivity index (χ2n) is 6.58. The van der Waals surface area contributed by atoms with Crippen molar-refractivity contribution in [1.29, 1.82) is 0 Å². The molecule has 0 atom stereocenters.